The predicted molar refractivity (Wildman–Crippen MR) is 86.5 cm³/mol. The normalized spacial score (nSPS) is 11.5. The lowest BCUT2D eigenvalue weighted by molar-refractivity contribution is -0.129. The molecule has 0 atom stereocenters. The quantitative estimate of drug-likeness (QED) is 0.941. The molecule has 0 saturated carbocycles. The Hall–Kier alpha value is -2.43. The molecule has 5 heteroatoms. The van der Waals surface area contributed by atoms with Gasteiger partial charge in [0.2, 0.25) is 5.91 Å². The second kappa shape index (κ2) is 6.13. The second-order valence-electron chi connectivity index (χ2n) is 6.02. The smallest absolute Gasteiger partial charge is 0.267 e. The average molecular weight is 299 g/mol. The fourth-order valence-corrected chi connectivity index (χ4v) is 2.11. The lowest BCUT2D eigenvalue weighted by Crippen LogP contribution is -2.51. The highest BCUT2D eigenvalue weighted by Gasteiger charge is 2.32. The minimum atomic E-state index is -1.06. The number of aromatic nitrogens is 2. The molecule has 2 rings (SSSR count). The van der Waals surface area contributed by atoms with Crippen LogP contribution in [-0.2, 0) is 10.3 Å². The summed E-state index contributed by atoms with van der Waals surface area (Å²) in [5, 5.41) is 7.22. The van der Waals surface area contributed by atoms with Gasteiger partial charge in [0.25, 0.3) is 5.56 Å². The van der Waals surface area contributed by atoms with E-state index in [1.165, 1.54) is 10.7 Å². The van der Waals surface area contributed by atoms with E-state index in [0.717, 1.165) is 5.56 Å². The van der Waals surface area contributed by atoms with Crippen LogP contribution in [-0.4, -0.2) is 21.7 Å². The molecule has 1 aromatic carbocycles. The molecule has 0 fully saturated rings. The molecule has 1 amide bonds. The summed E-state index contributed by atoms with van der Waals surface area (Å²) in [6, 6.07) is 12.7. The van der Waals surface area contributed by atoms with Gasteiger partial charge < -0.3 is 5.32 Å². The van der Waals surface area contributed by atoms with Crippen molar-refractivity contribution >= 4 is 5.91 Å². The number of benzene rings is 1. The van der Waals surface area contributed by atoms with Gasteiger partial charge in [-0.15, -0.1) is 0 Å². The first-order chi connectivity index (χ1) is 10.3. The van der Waals surface area contributed by atoms with Gasteiger partial charge in [0.1, 0.15) is 5.54 Å². The van der Waals surface area contributed by atoms with Crippen molar-refractivity contribution < 1.29 is 4.79 Å². The zero-order chi connectivity index (χ0) is 16.3. The van der Waals surface area contributed by atoms with E-state index in [0.29, 0.717) is 5.69 Å². The van der Waals surface area contributed by atoms with Crippen LogP contribution in [0, 0.1) is 0 Å². The van der Waals surface area contributed by atoms with Crippen molar-refractivity contribution in [3.63, 3.8) is 0 Å². The van der Waals surface area contributed by atoms with E-state index >= 15 is 0 Å². The predicted octanol–water partition coefficient (Wildman–Crippen LogP) is 2.17. The number of hydrogen-bond acceptors (Lipinski definition) is 3. The van der Waals surface area contributed by atoms with Crippen LogP contribution in [0.2, 0.25) is 0 Å². The van der Waals surface area contributed by atoms with Crippen molar-refractivity contribution in [2.45, 2.75) is 39.3 Å². The SMILES string of the molecule is CC(C)NC(=O)C(C)(C)n1nc(-c2ccccc2)ccc1=O. The highest BCUT2D eigenvalue weighted by molar-refractivity contribution is 5.83. The average Bonchev–Trinajstić information content (AvgIpc) is 2.47. The maximum Gasteiger partial charge on any atom is 0.267 e. The summed E-state index contributed by atoms with van der Waals surface area (Å²) in [6.07, 6.45) is 0. The lowest BCUT2D eigenvalue weighted by Gasteiger charge is -2.26. The summed E-state index contributed by atoms with van der Waals surface area (Å²) in [7, 11) is 0. The molecular formula is C17H21N3O2. The number of nitrogens with one attached hydrogen (secondary N) is 1. The standard InChI is InChI=1S/C17H21N3O2/c1-12(2)18-16(22)17(3,4)20-15(21)11-10-14(19-20)13-8-6-5-7-9-13/h5-12H,1-4H3,(H,18,22). The molecule has 2 aromatic rings. The number of rotatable bonds is 4. The highest BCUT2D eigenvalue weighted by atomic mass is 16.2. The van der Waals surface area contributed by atoms with Crippen LogP contribution in [0.25, 0.3) is 11.3 Å². The summed E-state index contributed by atoms with van der Waals surface area (Å²) in [5.41, 5.74) is 0.192. The number of hydrogen-bond donors (Lipinski definition) is 1. The topological polar surface area (TPSA) is 64.0 Å². The van der Waals surface area contributed by atoms with E-state index in [2.05, 4.69) is 10.4 Å². The van der Waals surface area contributed by atoms with Crippen LogP contribution in [0.3, 0.4) is 0 Å². The van der Waals surface area contributed by atoms with Crippen molar-refractivity contribution in [3.8, 4) is 11.3 Å². The first-order valence-electron chi connectivity index (χ1n) is 7.29. The molecule has 0 bridgehead atoms. The lowest BCUT2D eigenvalue weighted by atomic mass is 10.0. The molecule has 22 heavy (non-hydrogen) atoms. The van der Waals surface area contributed by atoms with Gasteiger partial charge in [-0.25, -0.2) is 4.68 Å². The maximum absolute atomic E-state index is 12.4. The minimum absolute atomic E-state index is 0.000201. The third kappa shape index (κ3) is 3.24. The molecule has 116 valence electrons. The largest absolute Gasteiger partial charge is 0.352 e. The molecule has 1 heterocycles. The third-order valence-electron chi connectivity index (χ3n) is 3.37. The Morgan fingerprint density at radius 2 is 1.77 bits per heavy atom. The number of carbonyl (C=O) groups excluding carboxylic acids is 1. The summed E-state index contributed by atoms with van der Waals surface area (Å²) in [4.78, 5) is 24.5. The Morgan fingerprint density at radius 3 is 2.36 bits per heavy atom. The Kier molecular flexibility index (Phi) is 4.45. The Bertz CT molecular complexity index is 718. The third-order valence-corrected chi connectivity index (χ3v) is 3.37. The van der Waals surface area contributed by atoms with E-state index in [9.17, 15) is 9.59 Å². The van der Waals surface area contributed by atoms with E-state index in [1.807, 2.05) is 44.2 Å². The first kappa shape index (κ1) is 15.9. The number of nitrogens with zero attached hydrogens (tertiary/aromatic N) is 2. The van der Waals surface area contributed by atoms with Crippen molar-refractivity contribution in [1.82, 2.24) is 15.1 Å². The molecule has 5 nitrogen and oxygen atoms in total. The fourth-order valence-electron chi connectivity index (χ4n) is 2.11. The van der Waals surface area contributed by atoms with E-state index < -0.39 is 5.54 Å². The Morgan fingerprint density at radius 1 is 1.14 bits per heavy atom. The van der Waals surface area contributed by atoms with Crippen LogP contribution in [0.4, 0.5) is 0 Å². The van der Waals surface area contributed by atoms with Crippen LogP contribution in [0.15, 0.2) is 47.3 Å². The van der Waals surface area contributed by atoms with E-state index in [-0.39, 0.29) is 17.5 Å². The molecule has 0 aliphatic carbocycles. The number of amides is 1. The maximum atomic E-state index is 12.4. The molecule has 1 N–H and O–H groups in total. The molecule has 0 unspecified atom stereocenters. The summed E-state index contributed by atoms with van der Waals surface area (Å²) in [6.45, 7) is 7.14. The molecule has 0 aliphatic heterocycles. The molecule has 0 spiro atoms. The van der Waals surface area contributed by atoms with Crippen molar-refractivity contribution in [3.05, 3.63) is 52.8 Å². The van der Waals surface area contributed by atoms with E-state index in [1.54, 1.807) is 19.9 Å². The zero-order valence-corrected chi connectivity index (χ0v) is 13.3. The van der Waals surface area contributed by atoms with Crippen molar-refractivity contribution in [2.75, 3.05) is 0 Å². The van der Waals surface area contributed by atoms with Gasteiger partial charge in [0, 0.05) is 17.7 Å². The minimum Gasteiger partial charge on any atom is -0.352 e. The first-order valence-corrected chi connectivity index (χ1v) is 7.29. The summed E-state index contributed by atoms with van der Waals surface area (Å²) < 4.78 is 1.24. The summed E-state index contributed by atoms with van der Waals surface area (Å²) >= 11 is 0. The van der Waals surface area contributed by atoms with Gasteiger partial charge in [0.15, 0.2) is 0 Å². The highest BCUT2D eigenvalue weighted by Crippen LogP contribution is 2.17. The Labute approximate surface area is 130 Å². The Balaban J connectivity index is 2.47. The van der Waals surface area contributed by atoms with E-state index in [4.69, 9.17) is 0 Å². The van der Waals surface area contributed by atoms with Gasteiger partial charge in [-0.3, -0.25) is 9.59 Å². The van der Waals surface area contributed by atoms with Gasteiger partial charge >= 0.3 is 0 Å². The van der Waals surface area contributed by atoms with Crippen LogP contribution in [0.1, 0.15) is 27.7 Å². The second-order valence-corrected chi connectivity index (χ2v) is 6.02. The van der Waals surface area contributed by atoms with Crippen LogP contribution in [0.5, 0.6) is 0 Å². The molecule has 1 aromatic heterocycles. The van der Waals surface area contributed by atoms with Crippen molar-refractivity contribution in [1.29, 1.82) is 0 Å². The zero-order valence-electron chi connectivity index (χ0n) is 13.3. The van der Waals surface area contributed by atoms with Gasteiger partial charge in [-0.1, -0.05) is 30.3 Å². The van der Waals surface area contributed by atoms with Gasteiger partial charge in [0.05, 0.1) is 5.69 Å². The molecule has 0 radical (unpaired) electrons. The molecular weight excluding hydrogens is 278 g/mol. The van der Waals surface area contributed by atoms with Crippen LogP contribution >= 0.6 is 0 Å². The fraction of sp³-hybridized carbons (Fsp3) is 0.353. The van der Waals surface area contributed by atoms with Gasteiger partial charge in [-0.2, -0.15) is 5.10 Å². The monoisotopic (exact) mass is 299 g/mol. The van der Waals surface area contributed by atoms with Crippen molar-refractivity contribution in [2.24, 2.45) is 0 Å². The van der Waals surface area contributed by atoms with Gasteiger partial charge in [-0.05, 0) is 33.8 Å². The molecule has 0 aliphatic rings. The number of carbonyl (C=O) groups is 1. The molecule has 0 saturated heterocycles. The summed E-state index contributed by atoms with van der Waals surface area (Å²) in [5.74, 6) is -0.234. The van der Waals surface area contributed by atoms with Crippen LogP contribution < -0.4 is 10.9 Å².